The van der Waals surface area contributed by atoms with Gasteiger partial charge >= 0.3 is 0 Å². The highest BCUT2D eigenvalue weighted by Crippen LogP contribution is 2.25. The highest BCUT2D eigenvalue weighted by Gasteiger charge is 2.32. The van der Waals surface area contributed by atoms with Crippen molar-refractivity contribution in [2.24, 2.45) is 0 Å². The maximum absolute atomic E-state index is 12.4. The second-order valence-electron chi connectivity index (χ2n) is 4.74. The van der Waals surface area contributed by atoms with Gasteiger partial charge in [-0.2, -0.15) is 15.4 Å². The summed E-state index contributed by atoms with van der Waals surface area (Å²) < 4.78 is 1.14. The zero-order valence-corrected chi connectivity index (χ0v) is 11.0. The van der Waals surface area contributed by atoms with Crippen LogP contribution in [0, 0.1) is 0 Å². The van der Waals surface area contributed by atoms with E-state index in [0.29, 0.717) is 16.7 Å². The van der Waals surface area contributed by atoms with Crippen LogP contribution >= 0.6 is 0 Å². The quantitative estimate of drug-likeness (QED) is 0.521. The van der Waals surface area contributed by atoms with Crippen molar-refractivity contribution >= 4 is 28.7 Å². The van der Waals surface area contributed by atoms with Gasteiger partial charge in [0, 0.05) is 6.07 Å². The molecule has 2 aromatic heterocycles. The van der Waals surface area contributed by atoms with Gasteiger partial charge in [0.25, 0.3) is 17.4 Å². The van der Waals surface area contributed by atoms with Gasteiger partial charge in [-0.3, -0.25) is 24.3 Å². The van der Waals surface area contributed by atoms with Gasteiger partial charge in [0.1, 0.15) is 16.9 Å². The number of hydrogen-bond acceptors (Lipinski definition) is 6. The highest BCUT2D eigenvalue weighted by atomic mass is 16.2. The lowest BCUT2D eigenvalue weighted by atomic mass is 10.1. The number of aromatic amines is 1. The first-order valence-electron chi connectivity index (χ1n) is 6.29. The van der Waals surface area contributed by atoms with Crippen molar-refractivity contribution < 1.29 is 9.59 Å². The van der Waals surface area contributed by atoms with E-state index in [1.54, 1.807) is 18.2 Å². The molecule has 0 radical (unpaired) electrons. The molecule has 4 rings (SSSR count). The number of H-pyrrole nitrogens is 1. The molecule has 9 nitrogen and oxygen atoms in total. The normalized spacial score (nSPS) is 13.5. The van der Waals surface area contributed by atoms with Crippen LogP contribution in [0.1, 0.15) is 20.7 Å². The van der Waals surface area contributed by atoms with Gasteiger partial charge in [0.15, 0.2) is 0 Å². The van der Waals surface area contributed by atoms with Gasteiger partial charge in [0.2, 0.25) is 0 Å². The molecule has 0 unspecified atom stereocenters. The van der Waals surface area contributed by atoms with Gasteiger partial charge < -0.3 is 5.73 Å². The fourth-order valence-electron chi connectivity index (χ4n) is 2.56. The molecule has 0 spiro atoms. The largest absolute Gasteiger partial charge is 0.384 e. The van der Waals surface area contributed by atoms with Crippen LogP contribution in [0.3, 0.4) is 0 Å². The Hall–Kier alpha value is -3.49. The van der Waals surface area contributed by atoms with Crippen molar-refractivity contribution in [1.82, 2.24) is 25.3 Å². The van der Waals surface area contributed by atoms with E-state index in [4.69, 9.17) is 5.73 Å². The molecular formula is C13H8N6O3. The Balaban J connectivity index is 2.12. The number of pyridine rings is 1. The summed E-state index contributed by atoms with van der Waals surface area (Å²) in [6.07, 6.45) is 0. The fraction of sp³-hybridized carbons (Fsp3) is 0. The Bertz CT molecular complexity index is 1030. The number of benzene rings is 1. The molecule has 1 aliphatic heterocycles. The monoisotopic (exact) mass is 296 g/mol. The van der Waals surface area contributed by atoms with Crippen LogP contribution in [0.25, 0.3) is 16.7 Å². The van der Waals surface area contributed by atoms with Crippen molar-refractivity contribution in [3.05, 3.63) is 45.7 Å². The van der Waals surface area contributed by atoms with Crippen LogP contribution in [0.2, 0.25) is 0 Å². The summed E-state index contributed by atoms with van der Waals surface area (Å²) in [7, 11) is 0. The van der Waals surface area contributed by atoms with E-state index in [-0.39, 0.29) is 16.9 Å². The predicted octanol–water partition coefficient (Wildman–Crippen LogP) is -0.425. The first-order chi connectivity index (χ1) is 10.6. The number of imide groups is 1. The fourth-order valence-corrected chi connectivity index (χ4v) is 2.56. The SMILES string of the molecule is Nc1c2c(cc(=O)n1-c1cccc3n[nH]nc13)C(=O)NC2=O. The van der Waals surface area contributed by atoms with E-state index in [1.165, 1.54) is 0 Å². The average molecular weight is 296 g/mol. The van der Waals surface area contributed by atoms with Crippen LogP contribution in [0.5, 0.6) is 0 Å². The number of nitrogens with zero attached hydrogens (tertiary/aromatic N) is 3. The average Bonchev–Trinajstić information content (AvgIpc) is 3.05. The zero-order chi connectivity index (χ0) is 15.4. The van der Waals surface area contributed by atoms with Crippen LogP contribution in [-0.2, 0) is 0 Å². The van der Waals surface area contributed by atoms with Crippen molar-refractivity contribution in [3.8, 4) is 5.69 Å². The van der Waals surface area contributed by atoms with Crippen molar-refractivity contribution in [1.29, 1.82) is 0 Å². The Morgan fingerprint density at radius 1 is 1.09 bits per heavy atom. The number of aromatic nitrogens is 4. The number of anilines is 1. The summed E-state index contributed by atoms with van der Waals surface area (Å²) in [5.74, 6) is -1.37. The van der Waals surface area contributed by atoms with Crippen LogP contribution in [0.4, 0.5) is 5.82 Å². The first-order valence-corrected chi connectivity index (χ1v) is 6.29. The molecule has 1 aromatic carbocycles. The number of nitrogens with one attached hydrogen (secondary N) is 2. The minimum Gasteiger partial charge on any atom is -0.384 e. The Kier molecular flexibility index (Phi) is 2.23. The number of fused-ring (bicyclic) bond motifs is 2. The molecule has 1 aliphatic rings. The first kappa shape index (κ1) is 12.3. The van der Waals surface area contributed by atoms with E-state index in [9.17, 15) is 14.4 Å². The number of rotatable bonds is 1. The van der Waals surface area contributed by atoms with E-state index in [0.717, 1.165) is 10.6 Å². The number of amides is 2. The molecule has 3 heterocycles. The Labute approximate surface area is 121 Å². The van der Waals surface area contributed by atoms with Crippen LogP contribution < -0.4 is 16.6 Å². The molecule has 0 aliphatic carbocycles. The highest BCUT2D eigenvalue weighted by molar-refractivity contribution is 6.23. The Morgan fingerprint density at radius 3 is 2.73 bits per heavy atom. The molecule has 108 valence electrons. The number of hydrogen-bond donors (Lipinski definition) is 3. The molecule has 22 heavy (non-hydrogen) atoms. The minimum absolute atomic E-state index is 0.00917. The number of para-hydroxylation sites is 1. The van der Waals surface area contributed by atoms with Gasteiger partial charge in [-0.15, -0.1) is 0 Å². The second-order valence-corrected chi connectivity index (χ2v) is 4.74. The summed E-state index contributed by atoms with van der Waals surface area (Å²) in [5, 5.41) is 12.5. The summed E-state index contributed by atoms with van der Waals surface area (Å²) >= 11 is 0. The van der Waals surface area contributed by atoms with Crippen molar-refractivity contribution in [2.75, 3.05) is 5.73 Å². The Morgan fingerprint density at radius 2 is 1.91 bits per heavy atom. The second kappa shape index (κ2) is 4.01. The third-order valence-electron chi connectivity index (χ3n) is 3.52. The minimum atomic E-state index is -0.629. The number of nitrogen functional groups attached to an aromatic ring is 1. The molecule has 3 aromatic rings. The number of nitrogens with two attached hydrogens (primary N) is 1. The summed E-state index contributed by atoms with van der Waals surface area (Å²) in [6.45, 7) is 0. The summed E-state index contributed by atoms with van der Waals surface area (Å²) in [5.41, 5.74) is 6.77. The van der Waals surface area contributed by atoms with Gasteiger partial charge in [-0.05, 0) is 12.1 Å². The number of carbonyl (C=O) groups is 2. The zero-order valence-electron chi connectivity index (χ0n) is 11.0. The summed E-state index contributed by atoms with van der Waals surface area (Å²) in [4.78, 5) is 35.8. The molecule has 0 saturated carbocycles. The molecule has 0 saturated heterocycles. The third-order valence-corrected chi connectivity index (χ3v) is 3.52. The summed E-state index contributed by atoms with van der Waals surface area (Å²) in [6, 6.07) is 6.12. The van der Waals surface area contributed by atoms with Gasteiger partial charge in [0.05, 0.1) is 16.8 Å². The lowest BCUT2D eigenvalue weighted by molar-refractivity contribution is 0.0880. The van der Waals surface area contributed by atoms with E-state index < -0.39 is 17.4 Å². The maximum atomic E-state index is 12.4. The van der Waals surface area contributed by atoms with E-state index in [1.807, 2.05) is 0 Å². The lowest BCUT2D eigenvalue weighted by Crippen LogP contribution is -2.24. The topological polar surface area (TPSA) is 136 Å². The van der Waals surface area contributed by atoms with Crippen LogP contribution in [0.15, 0.2) is 29.1 Å². The molecule has 2 amide bonds. The van der Waals surface area contributed by atoms with Crippen molar-refractivity contribution in [2.45, 2.75) is 0 Å². The van der Waals surface area contributed by atoms with Crippen LogP contribution in [-0.4, -0.2) is 31.8 Å². The van der Waals surface area contributed by atoms with E-state index >= 15 is 0 Å². The van der Waals surface area contributed by atoms with E-state index in [2.05, 4.69) is 20.7 Å². The molecule has 4 N–H and O–H groups in total. The third kappa shape index (κ3) is 1.44. The standard InChI is InChI=1S/C13H8N6O3/c14-11-9-5(12(21)15-13(9)22)4-8(20)19(11)7-3-1-2-6-10(7)17-18-16-6/h1-4H,14H2,(H,15,21,22)(H,16,17,18). The molecular weight excluding hydrogens is 288 g/mol. The molecule has 0 fully saturated rings. The molecule has 9 heteroatoms. The van der Waals surface area contributed by atoms with Crippen molar-refractivity contribution in [3.63, 3.8) is 0 Å². The number of carbonyl (C=O) groups excluding carboxylic acids is 2. The molecule has 0 atom stereocenters. The predicted molar refractivity (Wildman–Crippen MR) is 75.7 cm³/mol. The van der Waals surface area contributed by atoms with Gasteiger partial charge in [-0.25, -0.2) is 0 Å². The smallest absolute Gasteiger partial charge is 0.262 e. The maximum Gasteiger partial charge on any atom is 0.262 e. The van der Waals surface area contributed by atoms with Gasteiger partial charge in [-0.1, -0.05) is 6.07 Å². The molecule has 0 bridgehead atoms. The lowest BCUT2D eigenvalue weighted by Gasteiger charge is -2.11.